The van der Waals surface area contributed by atoms with E-state index in [4.69, 9.17) is 21.7 Å². The molecular formula is C28H23ClN6O. The van der Waals surface area contributed by atoms with Crippen LogP contribution in [-0.2, 0) is 11.8 Å². The molecule has 0 bridgehead atoms. The molecule has 5 aromatic rings. The second-order valence-corrected chi connectivity index (χ2v) is 9.30. The minimum absolute atomic E-state index is 0.305. The summed E-state index contributed by atoms with van der Waals surface area (Å²) < 4.78 is 9.19. The Morgan fingerprint density at radius 2 is 1.75 bits per heavy atom. The van der Waals surface area contributed by atoms with Crippen molar-refractivity contribution in [3.8, 4) is 22.9 Å². The van der Waals surface area contributed by atoms with E-state index in [0.717, 1.165) is 57.5 Å². The van der Waals surface area contributed by atoms with Gasteiger partial charge in [0.1, 0.15) is 6.07 Å². The molecule has 7 nitrogen and oxygen atoms in total. The van der Waals surface area contributed by atoms with E-state index in [-0.39, 0.29) is 0 Å². The second kappa shape index (κ2) is 8.83. The number of halogens is 1. The fraction of sp³-hybridized carbons (Fsp3) is 0.179. The zero-order chi connectivity index (χ0) is 24.8. The minimum atomic E-state index is 0.305. The molecule has 3 aromatic carbocycles. The van der Waals surface area contributed by atoms with Crippen LogP contribution in [0.5, 0.6) is 0 Å². The Hall–Kier alpha value is -4.12. The Bertz CT molecular complexity index is 1720. The number of pyridine rings is 1. The number of imidazole rings is 1. The van der Waals surface area contributed by atoms with E-state index in [1.54, 1.807) is 0 Å². The summed E-state index contributed by atoms with van der Waals surface area (Å²) in [6.45, 7) is 2.80. The molecule has 1 saturated heterocycles. The summed E-state index contributed by atoms with van der Waals surface area (Å²) in [4.78, 5) is 6.85. The summed E-state index contributed by atoms with van der Waals surface area (Å²) >= 11 is 6.10. The maximum absolute atomic E-state index is 9.97. The molecule has 1 aliphatic rings. The maximum Gasteiger partial charge on any atom is 0.207 e. The monoisotopic (exact) mass is 494 g/mol. The van der Waals surface area contributed by atoms with Gasteiger partial charge in [-0.2, -0.15) is 5.26 Å². The number of nitriles is 1. The highest BCUT2D eigenvalue weighted by atomic mass is 35.5. The predicted molar refractivity (Wildman–Crippen MR) is 142 cm³/mol. The molecule has 0 amide bonds. The first-order valence-electron chi connectivity index (χ1n) is 11.7. The number of rotatable bonds is 3. The van der Waals surface area contributed by atoms with E-state index in [1.807, 2.05) is 77.0 Å². The number of ether oxygens (including phenoxy) is 1. The van der Waals surface area contributed by atoms with Crippen molar-refractivity contribution in [1.82, 2.24) is 14.1 Å². The molecule has 0 aliphatic carbocycles. The Labute approximate surface area is 212 Å². The number of hydrogen-bond donors (Lipinski definition) is 1. The van der Waals surface area contributed by atoms with Crippen LogP contribution >= 0.6 is 11.6 Å². The molecule has 0 unspecified atom stereocenters. The van der Waals surface area contributed by atoms with Gasteiger partial charge >= 0.3 is 0 Å². The molecule has 1 N–H and O–H groups in total. The molecule has 8 heteroatoms. The predicted octanol–water partition coefficient (Wildman–Crippen LogP) is 5.03. The molecule has 3 heterocycles. The van der Waals surface area contributed by atoms with Crippen molar-refractivity contribution < 1.29 is 4.74 Å². The first kappa shape index (κ1) is 22.4. The Kier molecular flexibility index (Phi) is 5.48. The van der Waals surface area contributed by atoms with Crippen LogP contribution in [0.3, 0.4) is 0 Å². The number of benzene rings is 3. The average molecular weight is 495 g/mol. The SMILES string of the molecule is Cn1c(=N)n(-c2ccc(N3CCOCC3)c(C#N)c2)c2c3cc(-c4ccc(Cl)cc4)ccc3ncc21. The molecule has 178 valence electrons. The number of anilines is 1. The van der Waals surface area contributed by atoms with Crippen molar-refractivity contribution in [2.24, 2.45) is 7.05 Å². The quantitative estimate of drug-likeness (QED) is 0.381. The molecule has 2 aromatic heterocycles. The number of nitrogens with zero attached hydrogens (tertiary/aromatic N) is 5. The third kappa shape index (κ3) is 3.63. The van der Waals surface area contributed by atoms with E-state index >= 15 is 0 Å². The van der Waals surface area contributed by atoms with Crippen molar-refractivity contribution in [2.45, 2.75) is 0 Å². The fourth-order valence-corrected chi connectivity index (χ4v) is 5.05. The summed E-state index contributed by atoms with van der Waals surface area (Å²) in [5.74, 6) is 0. The Morgan fingerprint density at radius 1 is 1.00 bits per heavy atom. The van der Waals surface area contributed by atoms with E-state index < -0.39 is 0 Å². The molecule has 0 radical (unpaired) electrons. The van der Waals surface area contributed by atoms with Crippen molar-refractivity contribution in [1.29, 1.82) is 10.7 Å². The summed E-state index contributed by atoms with van der Waals surface area (Å²) in [6.07, 6.45) is 1.81. The lowest BCUT2D eigenvalue weighted by molar-refractivity contribution is 0.122. The number of fused-ring (bicyclic) bond motifs is 3. The molecule has 36 heavy (non-hydrogen) atoms. The van der Waals surface area contributed by atoms with Crippen LogP contribution < -0.4 is 10.5 Å². The number of nitrogens with one attached hydrogen (secondary N) is 1. The van der Waals surface area contributed by atoms with Gasteiger partial charge in [-0.15, -0.1) is 0 Å². The van der Waals surface area contributed by atoms with Crippen LogP contribution in [0.4, 0.5) is 5.69 Å². The first-order valence-corrected chi connectivity index (χ1v) is 12.1. The van der Waals surface area contributed by atoms with Gasteiger partial charge in [0, 0.05) is 30.5 Å². The lowest BCUT2D eigenvalue weighted by Gasteiger charge is -2.29. The second-order valence-electron chi connectivity index (χ2n) is 8.86. The number of hydrogen-bond acceptors (Lipinski definition) is 5. The van der Waals surface area contributed by atoms with Crippen molar-refractivity contribution >= 4 is 39.2 Å². The van der Waals surface area contributed by atoms with Gasteiger partial charge in [-0.1, -0.05) is 29.8 Å². The first-order chi connectivity index (χ1) is 17.5. The normalized spacial score (nSPS) is 13.9. The number of aryl methyl sites for hydroxylation is 1. The van der Waals surface area contributed by atoms with E-state index in [2.05, 4.69) is 22.0 Å². The van der Waals surface area contributed by atoms with E-state index in [9.17, 15) is 5.26 Å². The van der Waals surface area contributed by atoms with Crippen LogP contribution in [-0.4, -0.2) is 40.4 Å². The summed E-state index contributed by atoms with van der Waals surface area (Å²) in [6, 6.07) is 22.1. The lowest BCUT2D eigenvalue weighted by Crippen LogP contribution is -2.36. The third-order valence-corrected chi connectivity index (χ3v) is 7.07. The molecule has 0 saturated carbocycles. The molecule has 6 rings (SSSR count). The van der Waals surface area contributed by atoms with Crippen molar-refractivity contribution in [3.63, 3.8) is 0 Å². The van der Waals surface area contributed by atoms with Crippen LogP contribution in [0.2, 0.25) is 5.02 Å². The van der Waals surface area contributed by atoms with Gasteiger partial charge in [-0.05, 0) is 53.6 Å². The molecule has 0 atom stereocenters. The maximum atomic E-state index is 9.97. The minimum Gasteiger partial charge on any atom is -0.378 e. The highest BCUT2D eigenvalue weighted by Crippen LogP contribution is 2.31. The van der Waals surface area contributed by atoms with E-state index in [1.165, 1.54) is 0 Å². The van der Waals surface area contributed by atoms with Gasteiger partial charge in [0.2, 0.25) is 5.62 Å². The lowest BCUT2D eigenvalue weighted by atomic mass is 10.0. The smallest absolute Gasteiger partial charge is 0.207 e. The largest absolute Gasteiger partial charge is 0.378 e. The highest BCUT2D eigenvalue weighted by molar-refractivity contribution is 6.30. The van der Waals surface area contributed by atoms with Crippen LogP contribution in [0.1, 0.15) is 5.56 Å². The summed E-state index contributed by atoms with van der Waals surface area (Å²) in [5, 5.41) is 20.5. The molecule has 1 fully saturated rings. The fourth-order valence-electron chi connectivity index (χ4n) is 4.92. The van der Waals surface area contributed by atoms with Gasteiger partial charge < -0.3 is 14.2 Å². The van der Waals surface area contributed by atoms with Crippen molar-refractivity contribution in [2.75, 3.05) is 31.2 Å². The average Bonchev–Trinajstić information content (AvgIpc) is 3.19. The third-order valence-electron chi connectivity index (χ3n) is 6.82. The van der Waals surface area contributed by atoms with Gasteiger partial charge in [0.15, 0.2) is 0 Å². The topological polar surface area (TPSA) is 82.9 Å². The Morgan fingerprint density at radius 3 is 2.50 bits per heavy atom. The standard InChI is InChI=1S/C28H23ClN6O/c1-33-26-17-32-24-8-4-19(18-2-5-21(29)6-3-18)15-23(24)27(26)35(28(33)31)22-7-9-25(20(14-22)16-30)34-10-12-36-13-11-34/h2-9,14-15,17,31H,10-13H2,1H3. The summed E-state index contributed by atoms with van der Waals surface area (Å²) in [7, 11) is 1.87. The zero-order valence-corrected chi connectivity index (χ0v) is 20.5. The summed E-state index contributed by atoms with van der Waals surface area (Å²) in [5.41, 5.74) is 7.20. The highest BCUT2D eigenvalue weighted by Gasteiger charge is 2.19. The molecule has 1 aliphatic heterocycles. The van der Waals surface area contributed by atoms with Gasteiger partial charge in [-0.3, -0.25) is 15.0 Å². The zero-order valence-electron chi connectivity index (χ0n) is 19.7. The van der Waals surface area contributed by atoms with Gasteiger partial charge in [-0.25, -0.2) is 0 Å². The number of aromatic nitrogens is 3. The molecular weight excluding hydrogens is 472 g/mol. The Balaban J connectivity index is 1.58. The van der Waals surface area contributed by atoms with Crippen LogP contribution in [0, 0.1) is 16.7 Å². The number of morpholine rings is 1. The van der Waals surface area contributed by atoms with Crippen LogP contribution in [0.25, 0.3) is 38.8 Å². The van der Waals surface area contributed by atoms with Gasteiger partial charge in [0.25, 0.3) is 0 Å². The molecule has 0 spiro atoms. The van der Waals surface area contributed by atoms with Crippen LogP contribution in [0.15, 0.2) is 66.9 Å². The van der Waals surface area contributed by atoms with E-state index in [0.29, 0.717) is 29.4 Å². The van der Waals surface area contributed by atoms with Gasteiger partial charge in [0.05, 0.1) is 52.9 Å². The van der Waals surface area contributed by atoms with Crippen molar-refractivity contribution in [3.05, 3.63) is 83.1 Å².